The van der Waals surface area contributed by atoms with Gasteiger partial charge in [-0.3, -0.25) is 14.9 Å². The predicted molar refractivity (Wildman–Crippen MR) is 116 cm³/mol. The number of ether oxygens (including phenoxy) is 2. The number of carbonyl (C=O) groups excluding carboxylic acids is 4. The number of hydrogen-bond donors (Lipinski definition) is 2. The first-order valence-electron chi connectivity index (χ1n) is 11.2. The van der Waals surface area contributed by atoms with Crippen molar-refractivity contribution in [3.8, 4) is 0 Å². The van der Waals surface area contributed by atoms with Crippen molar-refractivity contribution in [2.75, 3.05) is 45.9 Å². The lowest BCUT2D eigenvalue weighted by atomic mass is 9.80. The van der Waals surface area contributed by atoms with Gasteiger partial charge in [-0.1, -0.05) is 13.8 Å². The van der Waals surface area contributed by atoms with Gasteiger partial charge in [0.05, 0.1) is 25.2 Å². The summed E-state index contributed by atoms with van der Waals surface area (Å²) in [7, 11) is 0. The lowest BCUT2D eigenvalue weighted by Crippen LogP contribution is -2.76. The molecule has 0 unspecified atom stereocenters. The molecule has 32 heavy (non-hydrogen) atoms. The molecule has 1 atom stereocenters. The number of ketones is 2. The second-order valence-electron chi connectivity index (χ2n) is 9.41. The van der Waals surface area contributed by atoms with Crippen LogP contribution in [0.15, 0.2) is 12.2 Å². The summed E-state index contributed by atoms with van der Waals surface area (Å²) in [6.45, 7) is 8.43. The van der Waals surface area contributed by atoms with Gasteiger partial charge in [-0.05, 0) is 32.4 Å². The number of nitrogens with one attached hydrogen (secondary N) is 2. The summed E-state index contributed by atoms with van der Waals surface area (Å²) < 4.78 is 10.5. The second-order valence-corrected chi connectivity index (χ2v) is 9.41. The molecular formula is C22H34N4O6. The summed E-state index contributed by atoms with van der Waals surface area (Å²) in [5.41, 5.74) is -1.91. The molecule has 0 aromatic carbocycles. The fraction of sp³-hybridized carbons (Fsp3) is 0.727. The predicted octanol–water partition coefficient (Wildman–Crippen LogP) is 0.710. The van der Waals surface area contributed by atoms with E-state index < -0.39 is 23.3 Å². The Morgan fingerprint density at radius 1 is 1.00 bits per heavy atom. The lowest BCUT2D eigenvalue weighted by molar-refractivity contribution is -0.136. The SMILES string of the molecule is CC(C)N[C@@]12CCN(C1)C(=O)OCC=CCOC(=O)N1CC(C(=O)C(C)C)(C1)NCC2=O. The first-order chi connectivity index (χ1) is 15.1. The van der Waals surface area contributed by atoms with Crippen molar-refractivity contribution in [3.05, 3.63) is 12.2 Å². The molecule has 10 nitrogen and oxygen atoms in total. The summed E-state index contributed by atoms with van der Waals surface area (Å²) in [5, 5.41) is 6.51. The molecule has 10 heteroatoms. The zero-order chi connectivity index (χ0) is 23.5. The van der Waals surface area contributed by atoms with Crippen LogP contribution in [0.25, 0.3) is 0 Å². The highest BCUT2D eigenvalue weighted by Crippen LogP contribution is 2.28. The summed E-state index contributed by atoms with van der Waals surface area (Å²) in [6, 6.07) is 0.0205. The van der Waals surface area contributed by atoms with Crippen molar-refractivity contribution >= 4 is 23.8 Å². The van der Waals surface area contributed by atoms with Gasteiger partial charge in [-0.25, -0.2) is 9.59 Å². The molecule has 0 aromatic rings. The molecule has 0 aromatic heterocycles. The molecule has 4 aliphatic heterocycles. The van der Waals surface area contributed by atoms with Gasteiger partial charge in [-0.2, -0.15) is 0 Å². The van der Waals surface area contributed by atoms with Gasteiger partial charge in [0.1, 0.15) is 18.8 Å². The van der Waals surface area contributed by atoms with E-state index >= 15 is 0 Å². The van der Waals surface area contributed by atoms with Gasteiger partial charge in [0.25, 0.3) is 0 Å². The van der Waals surface area contributed by atoms with Crippen LogP contribution in [0.4, 0.5) is 9.59 Å². The Morgan fingerprint density at radius 3 is 2.16 bits per heavy atom. The van der Waals surface area contributed by atoms with Crippen LogP contribution in [0.2, 0.25) is 0 Å². The summed E-state index contributed by atoms with van der Waals surface area (Å²) in [4.78, 5) is 54.1. The van der Waals surface area contributed by atoms with Gasteiger partial charge in [0.15, 0.2) is 11.6 Å². The normalized spacial score (nSPS) is 29.6. The van der Waals surface area contributed by atoms with E-state index in [1.165, 1.54) is 9.80 Å². The van der Waals surface area contributed by atoms with Crippen molar-refractivity contribution in [2.24, 2.45) is 5.92 Å². The minimum Gasteiger partial charge on any atom is -0.445 e. The van der Waals surface area contributed by atoms with Crippen LogP contribution in [-0.2, 0) is 19.1 Å². The highest BCUT2D eigenvalue weighted by atomic mass is 16.6. The van der Waals surface area contributed by atoms with Crippen molar-refractivity contribution < 1.29 is 28.7 Å². The average Bonchev–Trinajstić information content (AvgIpc) is 3.13. The Bertz CT molecular complexity index is 789. The Morgan fingerprint density at radius 2 is 1.59 bits per heavy atom. The third kappa shape index (κ3) is 4.96. The van der Waals surface area contributed by atoms with Gasteiger partial charge in [-0.15, -0.1) is 0 Å². The molecule has 4 rings (SSSR count). The van der Waals surface area contributed by atoms with Crippen LogP contribution in [0.3, 0.4) is 0 Å². The zero-order valence-corrected chi connectivity index (χ0v) is 19.3. The molecule has 2 saturated heterocycles. The maximum Gasteiger partial charge on any atom is 0.410 e. The van der Waals surface area contributed by atoms with Crippen LogP contribution >= 0.6 is 0 Å². The standard InChI is InChI=1S/C22H34N4O6/c1-15(2)18(28)22-13-26(14-22)20(30)32-10-6-5-9-31-19(29)25-8-7-21(12-25,24-16(3)4)17(27)11-23-22/h5-6,15-16,23-24H,7-14H2,1-4H3/t21-/m0/s1. The number of nitrogens with zero attached hydrogens (tertiary/aromatic N) is 2. The summed E-state index contributed by atoms with van der Waals surface area (Å²) in [5.74, 6) is -0.426. The summed E-state index contributed by atoms with van der Waals surface area (Å²) in [6.07, 6.45) is 2.64. The Labute approximate surface area is 188 Å². The van der Waals surface area contributed by atoms with E-state index in [0.717, 1.165) is 0 Å². The van der Waals surface area contributed by atoms with E-state index in [4.69, 9.17) is 9.47 Å². The monoisotopic (exact) mass is 450 g/mol. The zero-order valence-electron chi connectivity index (χ0n) is 19.3. The first-order valence-corrected chi connectivity index (χ1v) is 11.2. The van der Waals surface area contributed by atoms with Crippen molar-refractivity contribution in [2.45, 2.75) is 51.2 Å². The Hall–Kier alpha value is -2.46. The fourth-order valence-electron chi connectivity index (χ4n) is 4.56. The van der Waals surface area contributed by atoms with Crippen LogP contribution < -0.4 is 10.6 Å². The highest BCUT2D eigenvalue weighted by Gasteiger charge is 2.53. The molecule has 4 aliphatic rings. The van der Waals surface area contributed by atoms with Gasteiger partial charge in [0, 0.05) is 25.0 Å². The Balaban J connectivity index is 1.84. The Kier molecular flexibility index (Phi) is 7.24. The fourth-order valence-corrected chi connectivity index (χ4v) is 4.56. The van der Waals surface area contributed by atoms with E-state index in [1.807, 2.05) is 13.8 Å². The third-order valence-corrected chi connectivity index (χ3v) is 6.16. The molecule has 0 aliphatic carbocycles. The van der Waals surface area contributed by atoms with Crippen LogP contribution in [0.5, 0.6) is 0 Å². The van der Waals surface area contributed by atoms with Gasteiger partial charge < -0.3 is 24.6 Å². The topological polar surface area (TPSA) is 117 Å². The van der Waals surface area contributed by atoms with E-state index in [1.54, 1.807) is 26.0 Å². The van der Waals surface area contributed by atoms with Gasteiger partial charge >= 0.3 is 12.2 Å². The minimum atomic E-state index is -0.983. The molecule has 0 spiro atoms. The van der Waals surface area contributed by atoms with Crippen molar-refractivity contribution in [1.29, 1.82) is 0 Å². The molecule has 0 radical (unpaired) electrons. The molecule has 178 valence electrons. The highest BCUT2D eigenvalue weighted by molar-refractivity contribution is 5.96. The van der Waals surface area contributed by atoms with Crippen LogP contribution in [0.1, 0.15) is 34.1 Å². The molecule has 0 saturated carbocycles. The van der Waals surface area contributed by atoms with E-state index in [9.17, 15) is 19.2 Å². The quantitative estimate of drug-likeness (QED) is 0.602. The first kappa shape index (κ1) is 24.2. The largest absolute Gasteiger partial charge is 0.445 e. The number of carbonyl (C=O) groups is 4. The second kappa shape index (κ2) is 9.58. The summed E-state index contributed by atoms with van der Waals surface area (Å²) >= 11 is 0. The van der Waals surface area contributed by atoms with E-state index in [0.29, 0.717) is 13.0 Å². The average molecular weight is 451 g/mol. The van der Waals surface area contributed by atoms with Crippen molar-refractivity contribution in [1.82, 2.24) is 20.4 Å². The van der Waals surface area contributed by atoms with Crippen molar-refractivity contribution in [3.63, 3.8) is 0 Å². The number of rotatable bonds is 4. The smallest absolute Gasteiger partial charge is 0.410 e. The molecular weight excluding hydrogens is 416 g/mol. The minimum absolute atomic E-state index is 0.0205. The van der Waals surface area contributed by atoms with E-state index in [-0.39, 0.29) is 62.9 Å². The maximum absolute atomic E-state index is 13.4. The van der Waals surface area contributed by atoms with Crippen LogP contribution in [-0.4, -0.2) is 96.6 Å². The molecule has 4 heterocycles. The van der Waals surface area contributed by atoms with E-state index in [2.05, 4.69) is 10.6 Å². The molecule has 4 bridgehead atoms. The maximum atomic E-state index is 13.4. The molecule has 2 N–H and O–H groups in total. The lowest BCUT2D eigenvalue weighted by Gasteiger charge is -2.49. The number of Topliss-reactive ketones (excluding diaryl/α,β-unsaturated/α-hetero) is 2. The molecule has 2 fully saturated rings. The number of fused-ring (bicyclic) bond motifs is 8. The van der Waals surface area contributed by atoms with Gasteiger partial charge in [0.2, 0.25) is 0 Å². The number of amides is 2. The third-order valence-electron chi connectivity index (χ3n) is 6.16. The van der Waals surface area contributed by atoms with Crippen LogP contribution in [0, 0.1) is 5.92 Å². The molecule has 2 amide bonds. The number of hydrogen-bond acceptors (Lipinski definition) is 8.